The number of nitrogens with two attached hydrogens (primary N) is 1. The van der Waals surface area contributed by atoms with Gasteiger partial charge in [0.05, 0.1) is 19.6 Å². The summed E-state index contributed by atoms with van der Waals surface area (Å²) in [7, 11) is 1.58. The van der Waals surface area contributed by atoms with E-state index >= 15 is 0 Å². The second kappa shape index (κ2) is 12.9. The zero-order valence-corrected chi connectivity index (χ0v) is 22.5. The first kappa shape index (κ1) is 27.6. The molecular weight excluding hydrogens is 516 g/mol. The molecule has 0 aromatic heterocycles. The molecule has 7 nitrogen and oxygen atoms in total. The molecule has 1 aliphatic heterocycles. The number of nitriles is 1. The molecule has 1 atom stereocenters. The first-order valence-electron chi connectivity index (χ1n) is 12.6. The number of benzene rings is 3. The highest BCUT2D eigenvalue weighted by Gasteiger charge is 2.31. The largest absolute Gasteiger partial charge is 0.493 e. The number of halogens is 1. The molecular formula is C31H29ClN2O5. The van der Waals surface area contributed by atoms with Crippen LogP contribution in [0.15, 0.2) is 78.2 Å². The first-order chi connectivity index (χ1) is 18.9. The van der Waals surface area contributed by atoms with Crippen LogP contribution >= 0.6 is 11.6 Å². The van der Waals surface area contributed by atoms with Crippen LogP contribution in [0.5, 0.6) is 23.0 Å². The summed E-state index contributed by atoms with van der Waals surface area (Å²) >= 11 is 6.14. The number of carbonyl (C=O) groups is 1. The minimum atomic E-state index is -0.581. The fourth-order valence-corrected chi connectivity index (χ4v) is 4.48. The van der Waals surface area contributed by atoms with Crippen LogP contribution in [-0.2, 0) is 4.79 Å². The standard InChI is InChI=1S/C31H29ClN2O5/c1-3-4-7-16-37-26-14-10-21(17-28(26)36-2)30-23-13-12-22(18-27(23)39-31(34)24(30)19-33)38-29(35)15-11-20-8-5-6-9-25(20)32/h5-6,8-15,17-18,30H,3-4,7,16,34H2,1-2H3/b15-11+. The van der Waals surface area contributed by atoms with E-state index in [9.17, 15) is 10.1 Å². The molecule has 2 N–H and O–H groups in total. The Morgan fingerprint density at radius 3 is 2.69 bits per heavy atom. The Hall–Kier alpha value is -4.41. The van der Waals surface area contributed by atoms with Gasteiger partial charge in [0.2, 0.25) is 5.88 Å². The van der Waals surface area contributed by atoms with Crippen LogP contribution in [0.25, 0.3) is 6.08 Å². The second-order valence-corrected chi connectivity index (χ2v) is 9.27. The van der Waals surface area contributed by atoms with Crippen LogP contribution in [0.4, 0.5) is 0 Å². The van der Waals surface area contributed by atoms with Gasteiger partial charge in [0.15, 0.2) is 11.5 Å². The molecule has 0 saturated carbocycles. The number of esters is 1. The molecule has 0 amide bonds. The number of ether oxygens (including phenoxy) is 4. The highest BCUT2D eigenvalue weighted by Crippen LogP contribution is 2.45. The van der Waals surface area contributed by atoms with E-state index in [1.54, 1.807) is 43.5 Å². The van der Waals surface area contributed by atoms with Gasteiger partial charge >= 0.3 is 5.97 Å². The normalized spacial score (nSPS) is 14.4. The summed E-state index contributed by atoms with van der Waals surface area (Å²) in [5.74, 6) is 0.736. The van der Waals surface area contributed by atoms with Crippen molar-refractivity contribution in [3.05, 3.63) is 99.9 Å². The molecule has 0 bridgehead atoms. The number of carbonyl (C=O) groups excluding carboxylic acids is 1. The SMILES string of the molecule is CCCCCOc1ccc(C2C(C#N)=C(N)Oc3cc(OC(=O)/C=C/c4ccccc4Cl)ccc32)cc1OC. The van der Waals surface area contributed by atoms with Crippen molar-refractivity contribution in [2.24, 2.45) is 5.73 Å². The van der Waals surface area contributed by atoms with Crippen molar-refractivity contribution < 1.29 is 23.7 Å². The Morgan fingerprint density at radius 1 is 1.13 bits per heavy atom. The van der Waals surface area contributed by atoms with Crippen molar-refractivity contribution in [3.63, 3.8) is 0 Å². The van der Waals surface area contributed by atoms with Gasteiger partial charge in [-0.15, -0.1) is 0 Å². The van der Waals surface area contributed by atoms with E-state index in [-0.39, 0.29) is 17.2 Å². The lowest BCUT2D eigenvalue weighted by atomic mass is 9.83. The van der Waals surface area contributed by atoms with E-state index < -0.39 is 11.9 Å². The molecule has 1 unspecified atom stereocenters. The highest BCUT2D eigenvalue weighted by atomic mass is 35.5. The second-order valence-electron chi connectivity index (χ2n) is 8.87. The number of fused-ring (bicyclic) bond motifs is 1. The van der Waals surface area contributed by atoms with E-state index in [0.717, 1.165) is 24.8 Å². The van der Waals surface area contributed by atoms with Crippen LogP contribution < -0.4 is 24.7 Å². The average Bonchev–Trinajstić information content (AvgIpc) is 2.94. The monoisotopic (exact) mass is 544 g/mol. The smallest absolute Gasteiger partial charge is 0.336 e. The van der Waals surface area contributed by atoms with Crippen LogP contribution in [0.2, 0.25) is 5.02 Å². The van der Waals surface area contributed by atoms with E-state index in [1.165, 1.54) is 6.08 Å². The van der Waals surface area contributed by atoms with Crippen LogP contribution in [0.1, 0.15) is 48.8 Å². The van der Waals surface area contributed by atoms with Crippen LogP contribution in [-0.4, -0.2) is 19.7 Å². The Kier molecular flexibility index (Phi) is 9.14. The predicted octanol–water partition coefficient (Wildman–Crippen LogP) is 6.75. The Balaban J connectivity index is 1.59. The van der Waals surface area contributed by atoms with Gasteiger partial charge in [-0.3, -0.25) is 0 Å². The molecule has 8 heteroatoms. The summed E-state index contributed by atoms with van der Waals surface area (Å²) < 4.78 is 22.7. The van der Waals surface area contributed by atoms with Gasteiger partial charge in [-0.2, -0.15) is 5.26 Å². The summed E-state index contributed by atoms with van der Waals surface area (Å²) in [6.45, 7) is 2.73. The molecule has 1 aliphatic rings. The third kappa shape index (κ3) is 6.54. The molecule has 200 valence electrons. The van der Waals surface area contributed by atoms with Gasteiger partial charge in [0, 0.05) is 22.7 Å². The number of allylic oxidation sites excluding steroid dienone is 1. The lowest BCUT2D eigenvalue weighted by Gasteiger charge is -2.27. The van der Waals surface area contributed by atoms with Crippen LogP contribution in [0, 0.1) is 11.3 Å². The van der Waals surface area contributed by atoms with E-state index in [2.05, 4.69) is 13.0 Å². The molecule has 3 aromatic rings. The Labute approximate surface area is 233 Å². The third-order valence-corrected chi connectivity index (χ3v) is 6.58. The lowest BCUT2D eigenvalue weighted by Crippen LogP contribution is -2.21. The van der Waals surface area contributed by atoms with Gasteiger partial charge < -0.3 is 24.7 Å². The molecule has 0 saturated heterocycles. The minimum Gasteiger partial charge on any atom is -0.493 e. The van der Waals surface area contributed by atoms with Gasteiger partial charge in [-0.05, 0) is 47.9 Å². The quantitative estimate of drug-likeness (QED) is 0.130. The number of hydrogen-bond donors (Lipinski definition) is 1. The third-order valence-electron chi connectivity index (χ3n) is 6.24. The summed E-state index contributed by atoms with van der Waals surface area (Å²) in [4.78, 5) is 12.4. The van der Waals surface area contributed by atoms with Crippen molar-refractivity contribution in [2.45, 2.75) is 32.1 Å². The summed E-state index contributed by atoms with van der Waals surface area (Å²) in [5, 5.41) is 10.4. The van der Waals surface area contributed by atoms with Crippen molar-refractivity contribution in [1.82, 2.24) is 0 Å². The maximum atomic E-state index is 12.4. The zero-order valence-electron chi connectivity index (χ0n) is 21.8. The molecule has 39 heavy (non-hydrogen) atoms. The van der Waals surface area contributed by atoms with Gasteiger partial charge in [0.1, 0.15) is 23.1 Å². The molecule has 1 heterocycles. The fourth-order valence-electron chi connectivity index (χ4n) is 4.28. The highest BCUT2D eigenvalue weighted by molar-refractivity contribution is 6.32. The lowest BCUT2D eigenvalue weighted by molar-refractivity contribution is -0.128. The van der Waals surface area contributed by atoms with Gasteiger partial charge in [-0.25, -0.2) is 4.79 Å². The van der Waals surface area contributed by atoms with Crippen molar-refractivity contribution >= 4 is 23.6 Å². The maximum absolute atomic E-state index is 12.4. The fraction of sp³-hybridized carbons (Fsp3) is 0.226. The van der Waals surface area contributed by atoms with Crippen molar-refractivity contribution in [1.29, 1.82) is 5.26 Å². The number of nitrogens with zero attached hydrogens (tertiary/aromatic N) is 1. The zero-order chi connectivity index (χ0) is 27.8. The maximum Gasteiger partial charge on any atom is 0.336 e. The Morgan fingerprint density at radius 2 is 1.95 bits per heavy atom. The summed E-state index contributed by atoms with van der Waals surface area (Å²) in [5.41, 5.74) is 8.60. The Bertz CT molecular complexity index is 1460. The number of unbranched alkanes of at least 4 members (excludes halogenated alkanes) is 2. The minimum absolute atomic E-state index is 0.0176. The molecule has 0 aliphatic carbocycles. The van der Waals surface area contributed by atoms with E-state index in [4.69, 9.17) is 36.3 Å². The van der Waals surface area contributed by atoms with E-state index in [1.807, 2.05) is 30.3 Å². The van der Waals surface area contributed by atoms with Gasteiger partial charge in [-0.1, -0.05) is 61.7 Å². The molecule has 0 fully saturated rings. The number of hydrogen-bond acceptors (Lipinski definition) is 7. The van der Waals surface area contributed by atoms with Crippen LogP contribution in [0.3, 0.4) is 0 Å². The average molecular weight is 545 g/mol. The number of methoxy groups -OCH3 is 1. The molecule has 0 radical (unpaired) electrons. The predicted molar refractivity (Wildman–Crippen MR) is 150 cm³/mol. The number of rotatable bonds is 10. The molecule has 3 aromatic carbocycles. The van der Waals surface area contributed by atoms with Gasteiger partial charge in [0.25, 0.3) is 0 Å². The summed E-state index contributed by atoms with van der Waals surface area (Å²) in [6.07, 6.45) is 6.03. The van der Waals surface area contributed by atoms with Crippen molar-refractivity contribution in [2.75, 3.05) is 13.7 Å². The van der Waals surface area contributed by atoms with Crippen molar-refractivity contribution in [3.8, 4) is 29.1 Å². The van der Waals surface area contributed by atoms with E-state index in [0.29, 0.717) is 40.0 Å². The summed E-state index contributed by atoms with van der Waals surface area (Å²) in [6, 6.07) is 19.9. The topological polar surface area (TPSA) is 104 Å². The first-order valence-corrected chi connectivity index (χ1v) is 13.0. The molecule has 0 spiro atoms. The molecule has 4 rings (SSSR count).